The Bertz CT molecular complexity index is 1100. The number of amides is 1. The maximum atomic E-state index is 13.3. The van der Waals surface area contributed by atoms with Crippen LogP contribution in [-0.4, -0.2) is 39.4 Å². The lowest BCUT2D eigenvalue weighted by molar-refractivity contribution is -0.127. The van der Waals surface area contributed by atoms with E-state index in [-0.39, 0.29) is 9.80 Å². The first-order chi connectivity index (χ1) is 14.3. The van der Waals surface area contributed by atoms with E-state index in [1.165, 1.54) is 18.3 Å². The van der Waals surface area contributed by atoms with Gasteiger partial charge < -0.3 is 14.5 Å². The van der Waals surface area contributed by atoms with Crippen LogP contribution in [0.2, 0.25) is 5.02 Å². The molecule has 2 aromatic carbocycles. The molecule has 0 spiro atoms. The number of methoxy groups -OCH3 is 1. The Morgan fingerprint density at radius 2 is 1.77 bits per heavy atom. The fourth-order valence-electron chi connectivity index (χ4n) is 3.77. The molecule has 0 bridgehead atoms. The minimum Gasteiger partial charge on any atom is -0.497 e. The number of halogens is 1. The average Bonchev–Trinajstić information content (AvgIpc) is 2.74. The van der Waals surface area contributed by atoms with E-state index in [2.05, 4.69) is 6.92 Å². The highest BCUT2D eigenvalue weighted by Crippen LogP contribution is 2.41. The van der Waals surface area contributed by atoms with Crippen LogP contribution in [0.25, 0.3) is 0 Å². The van der Waals surface area contributed by atoms with E-state index in [1.807, 2.05) is 12.1 Å². The van der Waals surface area contributed by atoms with Crippen molar-refractivity contribution in [2.75, 3.05) is 25.1 Å². The summed E-state index contributed by atoms with van der Waals surface area (Å²) in [6, 6.07) is 11.8. The van der Waals surface area contributed by atoms with Gasteiger partial charge in [0.1, 0.15) is 5.75 Å². The second kappa shape index (κ2) is 7.96. The van der Waals surface area contributed by atoms with Gasteiger partial charge in [-0.3, -0.25) is 4.79 Å². The molecule has 2 heterocycles. The zero-order valence-electron chi connectivity index (χ0n) is 16.8. The Kier molecular flexibility index (Phi) is 5.51. The summed E-state index contributed by atoms with van der Waals surface area (Å²) in [6.07, 6.45) is 3.15. The number of hydrogen-bond acceptors (Lipinski definition) is 5. The van der Waals surface area contributed by atoms with Gasteiger partial charge in [-0.2, -0.15) is 0 Å². The van der Waals surface area contributed by atoms with Gasteiger partial charge in [0.25, 0.3) is 5.91 Å². The third-order valence-electron chi connectivity index (χ3n) is 5.64. The summed E-state index contributed by atoms with van der Waals surface area (Å²) in [6.45, 7) is 3.26. The van der Waals surface area contributed by atoms with E-state index in [4.69, 9.17) is 16.3 Å². The van der Waals surface area contributed by atoms with E-state index in [1.54, 1.807) is 35.1 Å². The molecule has 0 aliphatic carbocycles. The number of rotatable bonds is 3. The number of carbonyl (C=O) groups is 1. The standard InChI is InChI=1S/C22H23ClN2O4S/c1-15-9-11-24(12-10-15)22(26)21-14-25(17-4-6-18(29-2)7-5-17)19-13-16(23)3-8-20(19)30(21,27)28/h3-8,13-15H,9-12H2,1-2H3. The Hall–Kier alpha value is -2.51. The van der Waals surface area contributed by atoms with Crippen molar-refractivity contribution in [3.8, 4) is 5.75 Å². The maximum Gasteiger partial charge on any atom is 0.267 e. The number of anilines is 2. The van der Waals surface area contributed by atoms with Gasteiger partial charge in [0.2, 0.25) is 9.84 Å². The van der Waals surface area contributed by atoms with Gasteiger partial charge in [0.15, 0.2) is 4.91 Å². The average molecular weight is 447 g/mol. The number of hydrogen-bond donors (Lipinski definition) is 0. The van der Waals surface area contributed by atoms with Crippen LogP contribution in [0.4, 0.5) is 11.4 Å². The van der Waals surface area contributed by atoms with Crippen molar-refractivity contribution < 1.29 is 17.9 Å². The summed E-state index contributed by atoms with van der Waals surface area (Å²) in [5.41, 5.74) is 1.11. The monoisotopic (exact) mass is 446 g/mol. The van der Waals surface area contributed by atoms with E-state index >= 15 is 0 Å². The number of carbonyl (C=O) groups excluding carboxylic acids is 1. The molecule has 0 radical (unpaired) electrons. The molecule has 2 aliphatic rings. The van der Waals surface area contributed by atoms with Crippen LogP contribution in [0.5, 0.6) is 5.75 Å². The number of benzene rings is 2. The number of piperidine rings is 1. The van der Waals surface area contributed by atoms with Gasteiger partial charge in [-0.15, -0.1) is 0 Å². The first-order valence-corrected chi connectivity index (χ1v) is 11.7. The van der Waals surface area contributed by atoms with Crippen molar-refractivity contribution in [2.24, 2.45) is 5.92 Å². The minimum atomic E-state index is -3.97. The first kappa shape index (κ1) is 20.8. The molecule has 0 saturated carbocycles. The minimum absolute atomic E-state index is 0.0685. The van der Waals surface area contributed by atoms with Gasteiger partial charge >= 0.3 is 0 Å². The number of nitrogens with zero attached hydrogens (tertiary/aromatic N) is 2. The molecule has 4 rings (SSSR count). The van der Waals surface area contributed by atoms with Crippen molar-refractivity contribution in [1.82, 2.24) is 4.90 Å². The zero-order valence-corrected chi connectivity index (χ0v) is 18.4. The quantitative estimate of drug-likeness (QED) is 0.700. The third kappa shape index (κ3) is 3.68. The van der Waals surface area contributed by atoms with Crippen molar-refractivity contribution in [2.45, 2.75) is 24.7 Å². The highest BCUT2D eigenvalue weighted by Gasteiger charge is 2.38. The van der Waals surface area contributed by atoms with Crippen LogP contribution in [0.3, 0.4) is 0 Å². The van der Waals surface area contributed by atoms with Gasteiger partial charge in [0.05, 0.1) is 17.7 Å². The number of ether oxygens (including phenoxy) is 1. The number of sulfone groups is 1. The van der Waals surface area contributed by atoms with E-state index < -0.39 is 15.7 Å². The van der Waals surface area contributed by atoms with Crippen LogP contribution in [0.1, 0.15) is 19.8 Å². The second-order valence-corrected chi connectivity index (χ2v) is 9.97. The van der Waals surface area contributed by atoms with Gasteiger partial charge in [-0.05, 0) is 61.2 Å². The predicted molar refractivity (Wildman–Crippen MR) is 117 cm³/mol. The molecular formula is C22H23ClN2O4S. The lowest BCUT2D eigenvalue weighted by Gasteiger charge is -2.33. The summed E-state index contributed by atoms with van der Waals surface area (Å²) in [5.74, 6) is 0.753. The molecule has 30 heavy (non-hydrogen) atoms. The topological polar surface area (TPSA) is 66.9 Å². The molecule has 8 heteroatoms. The van der Waals surface area contributed by atoms with Crippen LogP contribution in [-0.2, 0) is 14.6 Å². The molecule has 0 aromatic heterocycles. The molecule has 2 aliphatic heterocycles. The van der Waals surface area contributed by atoms with E-state index in [0.717, 1.165) is 12.8 Å². The van der Waals surface area contributed by atoms with Crippen LogP contribution < -0.4 is 9.64 Å². The largest absolute Gasteiger partial charge is 0.497 e. The first-order valence-electron chi connectivity index (χ1n) is 9.80. The SMILES string of the molecule is COc1ccc(N2C=C(C(=O)N3CCC(C)CC3)S(=O)(=O)c3ccc(Cl)cc32)cc1. The lowest BCUT2D eigenvalue weighted by atomic mass is 9.99. The fraction of sp³-hybridized carbons (Fsp3) is 0.318. The molecule has 2 aromatic rings. The van der Waals surface area contributed by atoms with Crippen molar-refractivity contribution in [3.63, 3.8) is 0 Å². The summed E-state index contributed by atoms with van der Waals surface area (Å²) >= 11 is 6.17. The lowest BCUT2D eigenvalue weighted by Crippen LogP contribution is -2.41. The Labute approximate surface area is 181 Å². The maximum absolute atomic E-state index is 13.3. The van der Waals surface area contributed by atoms with Gasteiger partial charge in [-0.25, -0.2) is 8.42 Å². The molecule has 1 amide bonds. The number of fused-ring (bicyclic) bond motifs is 1. The smallest absolute Gasteiger partial charge is 0.267 e. The second-order valence-electron chi connectivity index (χ2n) is 7.65. The van der Waals surface area contributed by atoms with Crippen molar-refractivity contribution >= 4 is 38.7 Å². The van der Waals surface area contributed by atoms with Crippen LogP contribution in [0, 0.1) is 5.92 Å². The van der Waals surface area contributed by atoms with E-state index in [9.17, 15) is 13.2 Å². The summed E-state index contributed by atoms with van der Waals surface area (Å²) in [5, 5.41) is 0.413. The highest BCUT2D eigenvalue weighted by atomic mass is 35.5. The fourth-order valence-corrected chi connectivity index (χ4v) is 5.46. The van der Waals surface area contributed by atoms with Gasteiger partial charge in [0, 0.05) is 30.0 Å². The summed E-state index contributed by atoms with van der Waals surface area (Å²) in [4.78, 5) is 16.4. The summed E-state index contributed by atoms with van der Waals surface area (Å²) in [7, 11) is -2.39. The molecule has 1 saturated heterocycles. The van der Waals surface area contributed by atoms with Gasteiger partial charge in [-0.1, -0.05) is 18.5 Å². The molecule has 1 fully saturated rings. The zero-order chi connectivity index (χ0) is 21.5. The molecule has 0 unspecified atom stereocenters. The Morgan fingerprint density at radius 3 is 2.40 bits per heavy atom. The molecule has 158 valence electrons. The van der Waals surface area contributed by atoms with Crippen LogP contribution >= 0.6 is 11.6 Å². The van der Waals surface area contributed by atoms with E-state index in [0.29, 0.717) is 41.2 Å². The summed E-state index contributed by atoms with van der Waals surface area (Å²) < 4.78 is 31.9. The molecule has 6 nitrogen and oxygen atoms in total. The third-order valence-corrected chi connectivity index (χ3v) is 7.66. The predicted octanol–water partition coefficient (Wildman–Crippen LogP) is 4.37. The normalized spacial score (nSPS) is 18.6. The number of likely N-dealkylation sites (tertiary alicyclic amines) is 1. The Morgan fingerprint density at radius 1 is 1.10 bits per heavy atom. The molecular weight excluding hydrogens is 424 g/mol. The Balaban J connectivity index is 1.82. The highest BCUT2D eigenvalue weighted by molar-refractivity contribution is 7.96. The van der Waals surface area contributed by atoms with Crippen molar-refractivity contribution in [1.29, 1.82) is 0 Å². The molecule has 0 N–H and O–H groups in total. The molecule has 0 atom stereocenters. The van der Waals surface area contributed by atoms with Crippen LogP contribution in [0.15, 0.2) is 58.5 Å². The van der Waals surface area contributed by atoms with Crippen molar-refractivity contribution in [3.05, 3.63) is 58.6 Å².